The van der Waals surface area contributed by atoms with Crippen molar-refractivity contribution in [2.24, 2.45) is 5.92 Å². The van der Waals surface area contributed by atoms with Gasteiger partial charge >= 0.3 is 0 Å². The zero-order valence-electron chi connectivity index (χ0n) is 16.8. The SMILES string of the molecule is Cc1ccccc1[C@@H]1[C@H]2C(=O)N(c3ccc(C#N)cc3)C(=O)[C@H]2ON1c1ccccc1. The second-order valence-corrected chi connectivity index (χ2v) is 7.69. The summed E-state index contributed by atoms with van der Waals surface area (Å²) in [5.41, 5.74) is 3.67. The Kier molecular flexibility index (Phi) is 4.54. The summed E-state index contributed by atoms with van der Waals surface area (Å²) in [4.78, 5) is 34.2. The number of carbonyl (C=O) groups excluding carboxylic acids is 2. The Labute approximate surface area is 179 Å². The number of hydrogen-bond acceptors (Lipinski definition) is 5. The quantitative estimate of drug-likeness (QED) is 0.613. The number of para-hydroxylation sites is 1. The number of carbonyl (C=O) groups is 2. The Morgan fingerprint density at radius 2 is 1.52 bits per heavy atom. The average Bonchev–Trinajstić information content (AvgIpc) is 3.31. The van der Waals surface area contributed by atoms with Crippen LogP contribution in [0.4, 0.5) is 11.4 Å². The summed E-state index contributed by atoms with van der Waals surface area (Å²) in [7, 11) is 0. The van der Waals surface area contributed by atoms with Gasteiger partial charge in [0.25, 0.3) is 5.91 Å². The number of hydrogen-bond donors (Lipinski definition) is 0. The van der Waals surface area contributed by atoms with E-state index in [1.54, 1.807) is 29.3 Å². The van der Waals surface area contributed by atoms with Crippen LogP contribution in [-0.4, -0.2) is 17.9 Å². The van der Waals surface area contributed by atoms with E-state index < -0.39 is 24.0 Å². The number of benzene rings is 3. The highest BCUT2D eigenvalue weighted by molar-refractivity contribution is 6.23. The minimum Gasteiger partial charge on any atom is -0.273 e. The lowest BCUT2D eigenvalue weighted by molar-refractivity contribution is -0.126. The largest absolute Gasteiger partial charge is 0.273 e. The van der Waals surface area contributed by atoms with Gasteiger partial charge in [0.15, 0.2) is 6.10 Å². The Morgan fingerprint density at radius 3 is 2.19 bits per heavy atom. The van der Waals surface area contributed by atoms with E-state index in [1.807, 2.05) is 67.6 Å². The summed E-state index contributed by atoms with van der Waals surface area (Å²) in [6, 6.07) is 25.4. The summed E-state index contributed by atoms with van der Waals surface area (Å²) < 4.78 is 0. The first kappa shape index (κ1) is 19.0. The molecule has 0 saturated carbocycles. The minimum absolute atomic E-state index is 0.300. The fourth-order valence-corrected chi connectivity index (χ4v) is 4.39. The molecule has 0 aromatic heterocycles. The van der Waals surface area contributed by atoms with Gasteiger partial charge in [-0.05, 0) is 54.4 Å². The van der Waals surface area contributed by atoms with E-state index in [0.29, 0.717) is 11.3 Å². The predicted molar refractivity (Wildman–Crippen MR) is 115 cm³/mol. The number of hydroxylamine groups is 1. The van der Waals surface area contributed by atoms with E-state index in [4.69, 9.17) is 10.1 Å². The maximum Gasteiger partial charge on any atom is 0.266 e. The van der Waals surface area contributed by atoms with Crippen LogP contribution in [0.25, 0.3) is 0 Å². The van der Waals surface area contributed by atoms with Crippen molar-refractivity contribution >= 4 is 23.2 Å². The Balaban J connectivity index is 1.59. The van der Waals surface area contributed by atoms with Gasteiger partial charge in [-0.2, -0.15) is 5.26 Å². The van der Waals surface area contributed by atoms with Crippen LogP contribution >= 0.6 is 0 Å². The van der Waals surface area contributed by atoms with Crippen molar-refractivity contribution in [1.82, 2.24) is 0 Å². The molecule has 2 heterocycles. The predicted octanol–water partition coefficient (Wildman–Crippen LogP) is 3.92. The molecule has 152 valence electrons. The Morgan fingerprint density at radius 1 is 0.839 bits per heavy atom. The normalized spacial score (nSPS) is 22.5. The average molecular weight is 409 g/mol. The van der Waals surface area contributed by atoms with Crippen molar-refractivity contribution in [3.63, 3.8) is 0 Å². The highest BCUT2D eigenvalue weighted by Crippen LogP contribution is 2.48. The first-order valence-corrected chi connectivity index (χ1v) is 10.0. The molecule has 6 heteroatoms. The Bertz CT molecular complexity index is 1200. The van der Waals surface area contributed by atoms with Gasteiger partial charge in [-0.25, -0.2) is 9.96 Å². The van der Waals surface area contributed by atoms with E-state index in [2.05, 4.69) is 0 Å². The van der Waals surface area contributed by atoms with Crippen LogP contribution in [0.2, 0.25) is 0 Å². The summed E-state index contributed by atoms with van der Waals surface area (Å²) >= 11 is 0. The Hall–Kier alpha value is -3.95. The van der Waals surface area contributed by atoms with E-state index in [1.165, 1.54) is 4.90 Å². The highest BCUT2D eigenvalue weighted by Gasteiger charge is 2.60. The molecule has 6 nitrogen and oxygen atoms in total. The zero-order valence-corrected chi connectivity index (χ0v) is 16.8. The smallest absolute Gasteiger partial charge is 0.266 e. The molecule has 0 aliphatic carbocycles. The number of anilines is 2. The molecule has 2 aliphatic rings. The van der Waals surface area contributed by atoms with Gasteiger partial charge in [0.1, 0.15) is 5.92 Å². The second-order valence-electron chi connectivity index (χ2n) is 7.69. The third kappa shape index (κ3) is 2.98. The van der Waals surface area contributed by atoms with Crippen molar-refractivity contribution < 1.29 is 14.4 Å². The van der Waals surface area contributed by atoms with Crippen LogP contribution in [-0.2, 0) is 14.4 Å². The molecule has 2 saturated heterocycles. The number of nitriles is 1. The van der Waals surface area contributed by atoms with E-state index in [-0.39, 0.29) is 5.91 Å². The van der Waals surface area contributed by atoms with E-state index in [0.717, 1.165) is 16.8 Å². The van der Waals surface area contributed by atoms with E-state index in [9.17, 15) is 9.59 Å². The molecule has 5 rings (SSSR count). The van der Waals surface area contributed by atoms with Crippen molar-refractivity contribution in [2.75, 3.05) is 9.96 Å². The fraction of sp³-hybridized carbons (Fsp3) is 0.160. The maximum atomic E-state index is 13.6. The minimum atomic E-state index is -0.909. The molecule has 3 aromatic rings. The number of rotatable bonds is 3. The van der Waals surface area contributed by atoms with Gasteiger partial charge in [-0.3, -0.25) is 14.4 Å². The lowest BCUT2D eigenvalue weighted by Crippen LogP contribution is -2.37. The first-order chi connectivity index (χ1) is 15.1. The number of amides is 2. The molecule has 2 fully saturated rings. The van der Waals surface area contributed by atoms with Gasteiger partial charge in [-0.1, -0.05) is 42.5 Å². The van der Waals surface area contributed by atoms with Crippen LogP contribution in [0.15, 0.2) is 78.9 Å². The lowest BCUT2D eigenvalue weighted by Gasteiger charge is -2.29. The van der Waals surface area contributed by atoms with Crippen molar-refractivity contribution in [3.8, 4) is 6.07 Å². The number of aryl methyl sites for hydroxylation is 1. The van der Waals surface area contributed by atoms with Crippen LogP contribution in [0.1, 0.15) is 22.7 Å². The molecule has 3 aromatic carbocycles. The van der Waals surface area contributed by atoms with Gasteiger partial charge in [0, 0.05) is 0 Å². The van der Waals surface area contributed by atoms with Gasteiger partial charge in [0.05, 0.1) is 29.0 Å². The number of nitrogens with zero attached hydrogens (tertiary/aromatic N) is 3. The standard InChI is InChI=1S/C25H19N3O3/c1-16-7-5-6-10-20(16)22-21-23(31-28(22)19-8-3-2-4-9-19)25(30)27(24(21)29)18-13-11-17(15-26)12-14-18/h2-14,21-23H,1H3/t21-,22-,23+/m1/s1. The molecular weight excluding hydrogens is 390 g/mol. The number of fused-ring (bicyclic) bond motifs is 1. The summed E-state index contributed by atoms with van der Waals surface area (Å²) in [6.45, 7) is 1.99. The molecule has 0 unspecified atom stereocenters. The third-order valence-electron chi connectivity index (χ3n) is 5.89. The molecule has 2 amide bonds. The summed E-state index contributed by atoms with van der Waals surface area (Å²) in [5, 5.41) is 10.7. The van der Waals surface area contributed by atoms with Crippen LogP contribution in [0, 0.1) is 24.2 Å². The number of imide groups is 1. The van der Waals surface area contributed by atoms with Gasteiger partial charge in [0.2, 0.25) is 5.91 Å². The molecule has 0 radical (unpaired) electrons. The first-order valence-electron chi connectivity index (χ1n) is 10.0. The maximum absolute atomic E-state index is 13.6. The monoisotopic (exact) mass is 409 g/mol. The van der Waals surface area contributed by atoms with Crippen molar-refractivity contribution in [3.05, 3.63) is 95.6 Å². The molecular formula is C25H19N3O3. The van der Waals surface area contributed by atoms with Crippen molar-refractivity contribution in [2.45, 2.75) is 19.1 Å². The summed E-state index contributed by atoms with van der Waals surface area (Å²) in [6.07, 6.45) is -0.909. The zero-order chi connectivity index (χ0) is 21.5. The van der Waals surface area contributed by atoms with Gasteiger partial charge < -0.3 is 0 Å². The molecule has 0 N–H and O–H groups in total. The van der Waals surface area contributed by atoms with Crippen molar-refractivity contribution in [1.29, 1.82) is 5.26 Å². The lowest BCUT2D eigenvalue weighted by atomic mass is 9.88. The van der Waals surface area contributed by atoms with E-state index >= 15 is 0 Å². The van der Waals surface area contributed by atoms with Crippen LogP contribution in [0.5, 0.6) is 0 Å². The molecule has 2 aliphatic heterocycles. The second kappa shape index (κ2) is 7.38. The fourth-order valence-electron chi connectivity index (χ4n) is 4.39. The van der Waals surface area contributed by atoms with Crippen LogP contribution in [0.3, 0.4) is 0 Å². The third-order valence-corrected chi connectivity index (χ3v) is 5.89. The highest BCUT2D eigenvalue weighted by atomic mass is 16.7. The topological polar surface area (TPSA) is 73.6 Å². The van der Waals surface area contributed by atoms with Crippen LogP contribution < -0.4 is 9.96 Å². The molecule has 3 atom stereocenters. The van der Waals surface area contributed by atoms with Gasteiger partial charge in [-0.15, -0.1) is 0 Å². The summed E-state index contributed by atoms with van der Waals surface area (Å²) in [5.74, 6) is -1.37. The molecule has 31 heavy (non-hydrogen) atoms. The molecule has 0 bridgehead atoms. The molecule has 0 spiro atoms.